The molecule has 0 unspecified atom stereocenters. The van der Waals surface area contributed by atoms with Crippen molar-refractivity contribution in [3.8, 4) is 0 Å². The number of nitrogens with zero attached hydrogens (tertiary/aromatic N) is 1. The van der Waals surface area contributed by atoms with E-state index in [-0.39, 0.29) is 23.7 Å². The van der Waals surface area contributed by atoms with E-state index in [9.17, 15) is 14.0 Å². The molecule has 2 aromatic rings. The molecule has 2 aromatic carbocycles. The lowest BCUT2D eigenvalue weighted by Gasteiger charge is -2.25. The van der Waals surface area contributed by atoms with Crippen molar-refractivity contribution in [1.29, 1.82) is 0 Å². The van der Waals surface area contributed by atoms with Gasteiger partial charge < -0.3 is 15.5 Å². The van der Waals surface area contributed by atoms with E-state index in [1.807, 2.05) is 31.1 Å². The molecule has 0 spiro atoms. The van der Waals surface area contributed by atoms with Crippen molar-refractivity contribution in [1.82, 2.24) is 10.2 Å². The molecule has 7 heteroatoms. The van der Waals surface area contributed by atoms with Gasteiger partial charge >= 0.3 is 0 Å². The van der Waals surface area contributed by atoms with Gasteiger partial charge in [-0.3, -0.25) is 9.59 Å². The molecule has 142 valence electrons. The highest BCUT2D eigenvalue weighted by Gasteiger charge is 2.18. The molecule has 0 saturated heterocycles. The molecule has 1 atom stereocenters. The summed E-state index contributed by atoms with van der Waals surface area (Å²) < 4.78 is 13.5. The largest absolute Gasteiger partial charge is 0.350 e. The molecule has 0 aliphatic carbocycles. The van der Waals surface area contributed by atoms with Crippen LogP contribution in [0.5, 0.6) is 0 Å². The number of hydrogen-bond acceptors (Lipinski definition) is 4. The summed E-state index contributed by atoms with van der Waals surface area (Å²) in [6.07, 6.45) is 0.457. The highest BCUT2D eigenvalue weighted by Crippen LogP contribution is 2.31. The normalized spacial score (nSPS) is 14.9. The standard InChI is InChI=1S/C20H22FN3O2S/c1-24(2)17(13-4-3-5-15(21)10-13)12-22-20(26)14-6-7-18-16(11-14)23-19(25)8-9-27-18/h3-7,10-11,17H,8-9,12H2,1-2H3,(H,22,26)(H,23,25)/t17-/m1/s1. The van der Waals surface area contributed by atoms with Crippen LogP contribution in [0.15, 0.2) is 47.4 Å². The lowest BCUT2D eigenvalue weighted by molar-refractivity contribution is -0.115. The highest BCUT2D eigenvalue weighted by molar-refractivity contribution is 7.99. The zero-order chi connectivity index (χ0) is 19.4. The van der Waals surface area contributed by atoms with Crippen molar-refractivity contribution in [2.75, 3.05) is 31.7 Å². The topological polar surface area (TPSA) is 61.4 Å². The van der Waals surface area contributed by atoms with E-state index in [1.165, 1.54) is 12.1 Å². The van der Waals surface area contributed by atoms with Crippen LogP contribution < -0.4 is 10.6 Å². The van der Waals surface area contributed by atoms with Gasteiger partial charge in [-0.1, -0.05) is 12.1 Å². The number of hydrogen-bond donors (Lipinski definition) is 2. The number of halogens is 1. The van der Waals surface area contributed by atoms with E-state index < -0.39 is 0 Å². The molecule has 3 rings (SSSR count). The Labute approximate surface area is 162 Å². The Morgan fingerprint density at radius 1 is 1.30 bits per heavy atom. The van der Waals surface area contributed by atoms with E-state index in [0.717, 1.165) is 16.2 Å². The molecule has 1 aliphatic heterocycles. The molecular weight excluding hydrogens is 365 g/mol. The van der Waals surface area contributed by atoms with Crippen LogP contribution in [0.1, 0.15) is 28.4 Å². The van der Waals surface area contributed by atoms with Crippen LogP contribution in [0.2, 0.25) is 0 Å². The van der Waals surface area contributed by atoms with Gasteiger partial charge in [0.15, 0.2) is 0 Å². The van der Waals surface area contributed by atoms with Gasteiger partial charge in [-0.25, -0.2) is 4.39 Å². The van der Waals surface area contributed by atoms with Gasteiger partial charge in [-0.2, -0.15) is 0 Å². The lowest BCUT2D eigenvalue weighted by atomic mass is 10.1. The van der Waals surface area contributed by atoms with Crippen molar-refractivity contribution < 1.29 is 14.0 Å². The van der Waals surface area contributed by atoms with Crippen LogP contribution in [-0.4, -0.2) is 43.1 Å². The van der Waals surface area contributed by atoms with Crippen molar-refractivity contribution in [2.45, 2.75) is 17.4 Å². The second-order valence-corrected chi connectivity index (χ2v) is 7.74. The summed E-state index contributed by atoms with van der Waals surface area (Å²) in [6, 6.07) is 11.5. The fourth-order valence-electron chi connectivity index (χ4n) is 2.97. The van der Waals surface area contributed by atoms with Gasteiger partial charge in [0.2, 0.25) is 5.91 Å². The number of fused-ring (bicyclic) bond motifs is 1. The lowest BCUT2D eigenvalue weighted by Crippen LogP contribution is -2.34. The molecule has 2 N–H and O–H groups in total. The molecular formula is C20H22FN3O2S. The fourth-order valence-corrected chi connectivity index (χ4v) is 3.90. The fraction of sp³-hybridized carbons (Fsp3) is 0.300. The van der Waals surface area contributed by atoms with Gasteiger partial charge in [-0.05, 0) is 50.0 Å². The summed E-state index contributed by atoms with van der Waals surface area (Å²) >= 11 is 1.60. The molecule has 27 heavy (non-hydrogen) atoms. The Kier molecular flexibility index (Phi) is 6.13. The SMILES string of the molecule is CN(C)[C@H](CNC(=O)c1ccc2c(c1)NC(=O)CCS2)c1cccc(F)c1. The van der Waals surface area contributed by atoms with Crippen LogP contribution >= 0.6 is 11.8 Å². The Hall–Kier alpha value is -2.38. The summed E-state index contributed by atoms with van der Waals surface area (Å²) in [5.74, 6) is 0.148. The molecule has 0 radical (unpaired) electrons. The Balaban J connectivity index is 1.72. The molecule has 5 nitrogen and oxygen atoms in total. The van der Waals surface area contributed by atoms with Gasteiger partial charge in [-0.15, -0.1) is 11.8 Å². The number of thioether (sulfide) groups is 1. The van der Waals surface area contributed by atoms with Crippen molar-refractivity contribution in [3.63, 3.8) is 0 Å². The summed E-state index contributed by atoms with van der Waals surface area (Å²) in [5, 5.41) is 5.75. The van der Waals surface area contributed by atoms with Crippen LogP contribution in [0.4, 0.5) is 10.1 Å². The zero-order valence-corrected chi connectivity index (χ0v) is 16.1. The third-order valence-corrected chi connectivity index (χ3v) is 5.49. The summed E-state index contributed by atoms with van der Waals surface area (Å²) in [6.45, 7) is 0.341. The number of likely N-dealkylation sites (N-methyl/N-ethyl adjacent to an activating group) is 1. The number of amides is 2. The monoisotopic (exact) mass is 387 g/mol. The Bertz CT molecular complexity index is 857. The number of carbonyl (C=O) groups excluding carboxylic acids is 2. The van der Waals surface area contributed by atoms with E-state index in [4.69, 9.17) is 0 Å². The number of carbonyl (C=O) groups is 2. The Morgan fingerprint density at radius 2 is 2.11 bits per heavy atom. The molecule has 1 aliphatic rings. The minimum Gasteiger partial charge on any atom is -0.350 e. The Morgan fingerprint density at radius 3 is 2.85 bits per heavy atom. The van der Waals surface area contributed by atoms with E-state index >= 15 is 0 Å². The number of benzene rings is 2. The highest BCUT2D eigenvalue weighted by atomic mass is 32.2. The van der Waals surface area contributed by atoms with E-state index in [0.29, 0.717) is 24.2 Å². The first-order chi connectivity index (χ1) is 12.9. The van der Waals surface area contributed by atoms with Crippen LogP contribution in [0.3, 0.4) is 0 Å². The maximum absolute atomic E-state index is 13.5. The third kappa shape index (κ3) is 4.87. The van der Waals surface area contributed by atoms with Gasteiger partial charge in [0.1, 0.15) is 5.82 Å². The average Bonchev–Trinajstić information content (AvgIpc) is 2.81. The first kappa shape index (κ1) is 19.4. The second-order valence-electron chi connectivity index (χ2n) is 6.60. The number of nitrogens with one attached hydrogen (secondary N) is 2. The molecule has 0 aromatic heterocycles. The summed E-state index contributed by atoms with van der Waals surface area (Å²) in [4.78, 5) is 27.2. The quantitative estimate of drug-likeness (QED) is 0.827. The van der Waals surface area contributed by atoms with Crippen molar-refractivity contribution in [3.05, 3.63) is 59.4 Å². The predicted molar refractivity (Wildman–Crippen MR) is 106 cm³/mol. The van der Waals surface area contributed by atoms with Crippen LogP contribution in [-0.2, 0) is 4.79 Å². The van der Waals surface area contributed by atoms with Gasteiger partial charge in [0, 0.05) is 29.2 Å². The van der Waals surface area contributed by atoms with Crippen molar-refractivity contribution >= 4 is 29.3 Å². The average molecular weight is 387 g/mol. The maximum atomic E-state index is 13.5. The van der Waals surface area contributed by atoms with Crippen LogP contribution in [0, 0.1) is 5.82 Å². The summed E-state index contributed by atoms with van der Waals surface area (Å²) in [7, 11) is 3.77. The van der Waals surface area contributed by atoms with Gasteiger partial charge in [0.25, 0.3) is 5.91 Å². The minimum atomic E-state index is -0.301. The van der Waals surface area contributed by atoms with E-state index in [2.05, 4.69) is 10.6 Å². The summed E-state index contributed by atoms with van der Waals surface area (Å²) in [5.41, 5.74) is 1.95. The van der Waals surface area contributed by atoms with Crippen LogP contribution in [0.25, 0.3) is 0 Å². The smallest absolute Gasteiger partial charge is 0.251 e. The second kappa shape index (κ2) is 8.54. The van der Waals surface area contributed by atoms with E-state index in [1.54, 1.807) is 30.0 Å². The predicted octanol–water partition coefficient (Wildman–Crippen LogP) is 3.29. The molecule has 0 fully saturated rings. The maximum Gasteiger partial charge on any atom is 0.251 e. The minimum absolute atomic E-state index is 0.0439. The number of rotatable bonds is 5. The zero-order valence-electron chi connectivity index (χ0n) is 15.3. The van der Waals surface area contributed by atoms with Gasteiger partial charge in [0.05, 0.1) is 11.7 Å². The molecule has 1 heterocycles. The first-order valence-corrected chi connectivity index (χ1v) is 9.69. The first-order valence-electron chi connectivity index (χ1n) is 8.71. The third-order valence-electron chi connectivity index (χ3n) is 4.42. The van der Waals surface area contributed by atoms with Crippen molar-refractivity contribution in [2.24, 2.45) is 0 Å². The molecule has 2 amide bonds. The molecule has 0 saturated carbocycles. The number of anilines is 1. The molecule has 0 bridgehead atoms.